The summed E-state index contributed by atoms with van der Waals surface area (Å²) in [7, 11) is 4.54. The first kappa shape index (κ1) is 52.0. The fraction of sp³-hybridized carbons (Fsp3) is 0.780. The number of carbonyl (C=O) groups excluding carboxylic acids is 1. The van der Waals surface area contributed by atoms with Gasteiger partial charge in [0.2, 0.25) is 0 Å². The average Bonchev–Trinajstić information content (AvgIpc) is 3.53. The van der Waals surface area contributed by atoms with Crippen molar-refractivity contribution in [2.24, 2.45) is 57.3 Å². The highest BCUT2D eigenvalue weighted by Gasteiger charge is 2.64. The van der Waals surface area contributed by atoms with Crippen LogP contribution in [0.25, 0.3) is 0 Å². The molecule has 1 amide bonds. The Morgan fingerprint density at radius 1 is 1.05 bits per heavy atom. The van der Waals surface area contributed by atoms with Crippen molar-refractivity contribution in [1.82, 2.24) is 15.5 Å². The highest BCUT2D eigenvalue weighted by atomic mass is 32.2. The molecule has 0 aromatic carbocycles. The third-order valence-corrected chi connectivity index (χ3v) is 17.5. The number of allylic oxidation sites excluding steroid dienone is 1. The zero-order valence-electron chi connectivity index (χ0n) is 39.0. The molecule has 4 fully saturated rings. The zero-order chi connectivity index (χ0) is 44.1. The molecule has 1 aliphatic heterocycles. The summed E-state index contributed by atoms with van der Waals surface area (Å²) >= 11 is 1.86. The molecule has 58 heavy (non-hydrogen) atoms. The first-order valence-electron chi connectivity index (χ1n) is 22.7. The monoisotopic (exact) mass is 824 g/mol. The van der Waals surface area contributed by atoms with Crippen molar-refractivity contribution < 1.29 is 9.90 Å². The molecule has 7 nitrogen and oxygen atoms in total. The van der Waals surface area contributed by atoms with Crippen molar-refractivity contribution in [3.63, 3.8) is 0 Å². The summed E-state index contributed by atoms with van der Waals surface area (Å²) in [6.07, 6.45) is 28.1. The number of carbonyl (C=O) groups is 1. The van der Waals surface area contributed by atoms with Crippen LogP contribution in [-0.2, 0) is 4.79 Å². The van der Waals surface area contributed by atoms with E-state index in [1.807, 2.05) is 38.7 Å². The number of nitrogens with zero attached hydrogens (tertiary/aromatic N) is 1. The molecule has 1 heterocycles. The lowest BCUT2D eigenvalue weighted by Crippen LogP contribution is -2.59. The van der Waals surface area contributed by atoms with E-state index in [0.717, 1.165) is 72.8 Å². The molecule has 332 valence electrons. The van der Waals surface area contributed by atoms with Gasteiger partial charge in [-0.25, -0.2) is 0 Å². The molecular weight excluding hydrogens is 735 g/mol. The van der Waals surface area contributed by atoms with E-state index < -0.39 is 0 Å². The number of aliphatic hydroxyl groups excluding tert-OH is 1. The molecule has 8 heteroatoms. The molecule has 0 bridgehead atoms. The lowest BCUT2D eigenvalue weighted by Gasteiger charge is -2.66. The number of terminal acetylenes is 1. The largest absolute Gasteiger partial charge is 0.400 e. The molecule has 0 saturated heterocycles. The normalized spacial score (nSPS) is 32.9. The van der Waals surface area contributed by atoms with Gasteiger partial charge in [-0.2, -0.15) is 0 Å². The third-order valence-electron chi connectivity index (χ3n) is 16.0. The molecule has 11 atom stereocenters. The Balaban J connectivity index is 0.00000185. The smallest absolute Gasteiger partial charge is 0.267 e. The van der Waals surface area contributed by atoms with Crippen LogP contribution in [0.1, 0.15) is 151 Å². The van der Waals surface area contributed by atoms with Gasteiger partial charge >= 0.3 is 0 Å². The molecule has 7 N–H and O–H groups in total. The van der Waals surface area contributed by atoms with Gasteiger partial charge in [0.1, 0.15) is 5.70 Å². The van der Waals surface area contributed by atoms with E-state index in [2.05, 4.69) is 88.1 Å². The molecule has 5 aliphatic rings. The van der Waals surface area contributed by atoms with Crippen molar-refractivity contribution in [2.75, 3.05) is 27.0 Å². The molecule has 0 aromatic heterocycles. The molecule has 0 spiro atoms. The van der Waals surface area contributed by atoms with Crippen molar-refractivity contribution in [3.05, 3.63) is 49.4 Å². The summed E-state index contributed by atoms with van der Waals surface area (Å²) in [5, 5.41) is 14.1. The lowest BCUT2D eigenvalue weighted by molar-refractivity contribution is -0.174. The Labute approximate surface area is 361 Å². The summed E-state index contributed by atoms with van der Waals surface area (Å²) in [5.74, 6) is 7.41. The van der Waals surface area contributed by atoms with E-state index in [9.17, 15) is 4.79 Å². The average molecular weight is 824 g/mol. The maximum absolute atomic E-state index is 13.9. The van der Waals surface area contributed by atoms with Crippen LogP contribution in [0, 0.1) is 58.2 Å². The lowest BCUT2D eigenvalue weighted by atomic mass is 9.38. The van der Waals surface area contributed by atoms with Crippen molar-refractivity contribution in [3.8, 4) is 12.3 Å². The standard InChI is InChI=1S/C46H76N4OS.C2H4.CH5N.CH4O/c1-12-17-39(31(3)25-27-43(6,7)47)49-41(51)40-32(4)30-52-42(50(40)11)38(13-2)48-33(5)18-16-20-34-21-23-36-37-24-22-35-19-14-15-26-45(35,9)46(37,10)29-28-44(34,36)8;3*1-2/h1,13,31,34-39,42,48H,2,5,14-30,47H2,3-4,6-11H3,(H,49,51);1-2H2;2H2,1H3;2H,1H3. The van der Waals surface area contributed by atoms with Crippen LogP contribution >= 0.6 is 11.8 Å². The first-order chi connectivity index (χ1) is 27.5. The van der Waals surface area contributed by atoms with E-state index >= 15 is 0 Å². The summed E-state index contributed by atoms with van der Waals surface area (Å²) in [5.41, 5.74) is 15.0. The van der Waals surface area contributed by atoms with Gasteiger partial charge in [-0.15, -0.1) is 43.8 Å². The van der Waals surface area contributed by atoms with Gasteiger partial charge in [0.15, 0.2) is 0 Å². The molecule has 4 saturated carbocycles. The number of fused-ring (bicyclic) bond motifs is 5. The second-order valence-electron chi connectivity index (χ2n) is 19.7. The van der Waals surface area contributed by atoms with Gasteiger partial charge in [-0.1, -0.05) is 53.2 Å². The van der Waals surface area contributed by atoms with E-state index in [0.29, 0.717) is 22.7 Å². The van der Waals surface area contributed by atoms with E-state index in [-0.39, 0.29) is 34.8 Å². The predicted molar refractivity (Wildman–Crippen MR) is 253 cm³/mol. The fourth-order valence-corrected chi connectivity index (χ4v) is 13.7. The number of amides is 1. The number of aliphatic hydroxyl groups is 1. The molecule has 11 unspecified atom stereocenters. The number of thioether (sulfide) groups is 1. The van der Waals surface area contributed by atoms with E-state index in [1.165, 1.54) is 84.1 Å². The summed E-state index contributed by atoms with van der Waals surface area (Å²) < 4.78 is 0. The van der Waals surface area contributed by atoms with Crippen LogP contribution in [-0.4, -0.2) is 65.9 Å². The number of nitrogens with two attached hydrogens (primary N) is 2. The topological polar surface area (TPSA) is 117 Å². The van der Waals surface area contributed by atoms with Crippen LogP contribution in [0.15, 0.2) is 49.4 Å². The second-order valence-corrected chi connectivity index (χ2v) is 20.8. The van der Waals surface area contributed by atoms with Gasteiger partial charge < -0.3 is 32.1 Å². The highest BCUT2D eigenvalue weighted by Crippen LogP contribution is 2.72. The SMILES string of the molecule is C#CCC(NC(=O)C1=C(C)CSC(C(C=C)NC(=C)CCCC2CCC3C4CCC5CCCCC5(C)C4(C)CCC23C)N1C)C(C)CCC(C)(C)N.C=C.CN.CO. The van der Waals surface area contributed by atoms with Gasteiger partial charge in [0.25, 0.3) is 5.91 Å². The van der Waals surface area contributed by atoms with Gasteiger partial charge in [-0.05, 0) is 163 Å². The van der Waals surface area contributed by atoms with Gasteiger partial charge in [0, 0.05) is 43.6 Å². The fourth-order valence-electron chi connectivity index (χ4n) is 12.4. The Morgan fingerprint density at radius 3 is 2.33 bits per heavy atom. The Hall–Kier alpha value is -2.18. The Kier molecular flexibility index (Phi) is 20.7. The predicted octanol–water partition coefficient (Wildman–Crippen LogP) is 10.2. The van der Waals surface area contributed by atoms with Gasteiger partial charge in [-0.3, -0.25) is 4.79 Å². The molecule has 0 aromatic rings. The van der Waals surface area contributed by atoms with Gasteiger partial charge in [0.05, 0.1) is 11.4 Å². The first-order valence-corrected chi connectivity index (χ1v) is 23.7. The number of nitrogens with one attached hydrogen (secondary N) is 2. The maximum atomic E-state index is 13.9. The minimum Gasteiger partial charge on any atom is -0.400 e. The molecule has 5 rings (SSSR count). The third kappa shape index (κ3) is 11.6. The highest BCUT2D eigenvalue weighted by molar-refractivity contribution is 8.00. The number of rotatable bonds is 15. The van der Waals surface area contributed by atoms with Crippen molar-refractivity contribution >= 4 is 17.7 Å². The Morgan fingerprint density at radius 2 is 1.71 bits per heavy atom. The second kappa shape index (κ2) is 23.2. The van der Waals surface area contributed by atoms with Crippen molar-refractivity contribution in [2.45, 2.75) is 174 Å². The van der Waals surface area contributed by atoms with Crippen LogP contribution in [0.3, 0.4) is 0 Å². The Bertz CT molecular complexity index is 1400. The van der Waals surface area contributed by atoms with Crippen LogP contribution < -0.4 is 22.1 Å². The number of hydrogen-bond acceptors (Lipinski definition) is 7. The van der Waals surface area contributed by atoms with E-state index in [4.69, 9.17) is 17.3 Å². The zero-order valence-corrected chi connectivity index (χ0v) is 39.8. The van der Waals surface area contributed by atoms with Crippen molar-refractivity contribution in [1.29, 1.82) is 0 Å². The van der Waals surface area contributed by atoms with Crippen LogP contribution in [0.4, 0.5) is 0 Å². The summed E-state index contributed by atoms with van der Waals surface area (Å²) in [6.45, 7) is 31.2. The summed E-state index contributed by atoms with van der Waals surface area (Å²) in [4.78, 5) is 16.0. The maximum Gasteiger partial charge on any atom is 0.267 e. The van der Waals surface area contributed by atoms with Crippen LogP contribution in [0.2, 0.25) is 0 Å². The molecule has 0 radical (unpaired) electrons. The van der Waals surface area contributed by atoms with E-state index in [1.54, 1.807) is 0 Å². The molecular formula is C50H89N5O2S. The molecule has 4 aliphatic carbocycles. The summed E-state index contributed by atoms with van der Waals surface area (Å²) in [6, 6.07) is -0.119. The van der Waals surface area contributed by atoms with Crippen LogP contribution in [0.5, 0.6) is 0 Å². The number of hydrogen-bond donors (Lipinski definition) is 5. The quantitative estimate of drug-likeness (QED) is 0.0825. The minimum absolute atomic E-state index is 0.0219. The minimum atomic E-state index is -0.245. The number of likely N-dealkylation sites (N-methyl/N-ethyl adjacent to an activating group) is 1.